The summed E-state index contributed by atoms with van der Waals surface area (Å²) in [7, 11) is 0. The van der Waals surface area contributed by atoms with Gasteiger partial charge in [-0.15, -0.1) is 0 Å². The largest absolute Gasteiger partial charge is 0.409 e. The lowest BCUT2D eigenvalue weighted by Gasteiger charge is -2.38. The molecule has 1 rings (SSSR count). The highest BCUT2D eigenvalue weighted by molar-refractivity contribution is 5.93. The second-order valence-corrected chi connectivity index (χ2v) is 4.73. The van der Waals surface area contributed by atoms with E-state index in [1.54, 1.807) is 4.90 Å². The van der Waals surface area contributed by atoms with Crippen molar-refractivity contribution in [1.82, 2.24) is 10.2 Å². The topological polar surface area (TPSA) is 91.0 Å². The van der Waals surface area contributed by atoms with E-state index in [1.807, 2.05) is 13.8 Å². The van der Waals surface area contributed by atoms with Gasteiger partial charge in [-0.2, -0.15) is 0 Å². The number of amidine groups is 1. The Hall–Kier alpha value is -1.46. The minimum absolute atomic E-state index is 0.114. The summed E-state index contributed by atoms with van der Waals surface area (Å²) in [6.45, 7) is 5.16. The third-order valence-electron chi connectivity index (χ3n) is 3.70. The number of oxime groups is 1. The van der Waals surface area contributed by atoms with Crippen molar-refractivity contribution in [1.29, 1.82) is 0 Å². The number of urea groups is 1. The minimum Gasteiger partial charge on any atom is -0.409 e. The van der Waals surface area contributed by atoms with E-state index in [-0.39, 0.29) is 11.9 Å². The summed E-state index contributed by atoms with van der Waals surface area (Å²) in [4.78, 5) is 13.8. The van der Waals surface area contributed by atoms with Gasteiger partial charge in [-0.05, 0) is 26.7 Å². The molecule has 0 aromatic heterocycles. The van der Waals surface area contributed by atoms with E-state index in [4.69, 9.17) is 10.9 Å². The third-order valence-corrected chi connectivity index (χ3v) is 3.70. The van der Waals surface area contributed by atoms with Crippen molar-refractivity contribution in [2.45, 2.75) is 51.5 Å². The molecule has 0 aliphatic heterocycles. The molecule has 0 saturated heterocycles. The predicted octanol–water partition coefficient (Wildman–Crippen LogP) is 1.49. The lowest BCUT2D eigenvalue weighted by molar-refractivity contribution is 0.186. The predicted molar refractivity (Wildman–Crippen MR) is 70.7 cm³/mol. The van der Waals surface area contributed by atoms with Crippen molar-refractivity contribution in [2.75, 3.05) is 13.1 Å². The van der Waals surface area contributed by atoms with Gasteiger partial charge in [0, 0.05) is 13.1 Å². The number of carbonyl (C=O) groups is 1. The molecule has 1 aliphatic rings. The van der Waals surface area contributed by atoms with E-state index in [1.165, 1.54) is 0 Å². The number of nitrogens with zero attached hydrogens (tertiary/aromatic N) is 2. The Kier molecular flexibility index (Phi) is 5.25. The van der Waals surface area contributed by atoms with Crippen molar-refractivity contribution in [3.63, 3.8) is 0 Å². The number of carbonyl (C=O) groups excluding carboxylic acids is 1. The average molecular weight is 256 g/mol. The van der Waals surface area contributed by atoms with Gasteiger partial charge >= 0.3 is 6.03 Å². The van der Waals surface area contributed by atoms with Gasteiger partial charge in [0.1, 0.15) is 5.54 Å². The van der Waals surface area contributed by atoms with Gasteiger partial charge in [0.15, 0.2) is 5.84 Å². The van der Waals surface area contributed by atoms with Crippen molar-refractivity contribution in [3.05, 3.63) is 0 Å². The first kappa shape index (κ1) is 14.6. The standard InChI is InChI=1S/C12H24N4O2/c1-3-16(4-2)11(17)14-12(10(13)15-18)8-6-5-7-9-12/h18H,3-9H2,1-2H3,(H2,13,15)(H,14,17). The first-order valence-corrected chi connectivity index (χ1v) is 6.64. The van der Waals surface area contributed by atoms with Gasteiger partial charge in [0.2, 0.25) is 0 Å². The fourth-order valence-corrected chi connectivity index (χ4v) is 2.49. The molecule has 2 amide bonds. The van der Waals surface area contributed by atoms with Gasteiger partial charge < -0.3 is 21.2 Å². The molecule has 0 atom stereocenters. The van der Waals surface area contributed by atoms with E-state index in [2.05, 4.69) is 10.5 Å². The van der Waals surface area contributed by atoms with Crippen LogP contribution in [0.1, 0.15) is 46.0 Å². The van der Waals surface area contributed by atoms with Crippen LogP contribution in [0.5, 0.6) is 0 Å². The van der Waals surface area contributed by atoms with Crippen molar-refractivity contribution in [3.8, 4) is 0 Å². The number of rotatable bonds is 4. The first-order valence-electron chi connectivity index (χ1n) is 6.64. The Morgan fingerprint density at radius 2 is 1.89 bits per heavy atom. The van der Waals surface area contributed by atoms with Crippen molar-refractivity contribution in [2.24, 2.45) is 10.9 Å². The van der Waals surface area contributed by atoms with Crippen LogP contribution in [-0.4, -0.2) is 40.6 Å². The van der Waals surface area contributed by atoms with E-state index < -0.39 is 5.54 Å². The molecule has 104 valence electrons. The summed E-state index contributed by atoms with van der Waals surface area (Å²) in [5.41, 5.74) is 5.11. The number of hydrogen-bond acceptors (Lipinski definition) is 3. The van der Waals surface area contributed by atoms with Gasteiger partial charge in [0.25, 0.3) is 0 Å². The molecule has 1 aliphatic carbocycles. The fourth-order valence-electron chi connectivity index (χ4n) is 2.49. The normalized spacial score (nSPS) is 19.3. The SMILES string of the molecule is CCN(CC)C(=O)NC1(C(N)=NO)CCCCC1. The van der Waals surface area contributed by atoms with Crippen LogP contribution in [0.15, 0.2) is 5.16 Å². The molecule has 6 nitrogen and oxygen atoms in total. The second-order valence-electron chi connectivity index (χ2n) is 4.73. The lowest BCUT2D eigenvalue weighted by atomic mass is 9.81. The maximum atomic E-state index is 12.1. The maximum Gasteiger partial charge on any atom is 0.318 e. The van der Waals surface area contributed by atoms with Crippen molar-refractivity contribution < 1.29 is 10.0 Å². The Balaban J connectivity index is 2.82. The van der Waals surface area contributed by atoms with Crippen LogP contribution in [-0.2, 0) is 0 Å². The molecule has 4 N–H and O–H groups in total. The van der Waals surface area contributed by atoms with Crippen molar-refractivity contribution >= 4 is 11.9 Å². The summed E-state index contributed by atoms with van der Waals surface area (Å²) in [5, 5.41) is 15.0. The zero-order chi connectivity index (χ0) is 13.6. The van der Waals surface area contributed by atoms with E-state index >= 15 is 0 Å². The Bertz CT molecular complexity index is 307. The Morgan fingerprint density at radius 3 is 2.33 bits per heavy atom. The molecule has 1 saturated carbocycles. The van der Waals surface area contributed by atoms with E-state index in [0.717, 1.165) is 32.1 Å². The van der Waals surface area contributed by atoms with Gasteiger partial charge in [-0.1, -0.05) is 24.4 Å². The van der Waals surface area contributed by atoms with Crippen LogP contribution in [0.3, 0.4) is 0 Å². The first-order chi connectivity index (χ1) is 8.59. The smallest absolute Gasteiger partial charge is 0.318 e. The Morgan fingerprint density at radius 1 is 1.33 bits per heavy atom. The summed E-state index contributed by atoms with van der Waals surface area (Å²) in [5.74, 6) is 0.114. The summed E-state index contributed by atoms with van der Waals surface area (Å²) in [6.07, 6.45) is 4.55. The molecule has 0 aromatic carbocycles. The highest BCUT2D eigenvalue weighted by atomic mass is 16.4. The second kappa shape index (κ2) is 6.47. The third kappa shape index (κ3) is 3.05. The molecule has 0 spiro atoms. The van der Waals surface area contributed by atoms with Crippen LogP contribution in [0.4, 0.5) is 4.79 Å². The van der Waals surface area contributed by atoms with Crippen LogP contribution in [0.2, 0.25) is 0 Å². The molecule has 18 heavy (non-hydrogen) atoms. The van der Waals surface area contributed by atoms with Crippen LogP contribution < -0.4 is 11.1 Å². The molecule has 0 heterocycles. The molecule has 0 unspecified atom stereocenters. The molecular weight excluding hydrogens is 232 g/mol. The zero-order valence-electron chi connectivity index (χ0n) is 11.3. The highest BCUT2D eigenvalue weighted by Gasteiger charge is 2.38. The lowest BCUT2D eigenvalue weighted by Crippen LogP contribution is -2.61. The van der Waals surface area contributed by atoms with Gasteiger partial charge in [-0.25, -0.2) is 4.79 Å². The molecule has 0 aromatic rings. The molecule has 0 radical (unpaired) electrons. The van der Waals surface area contributed by atoms with Crippen LogP contribution >= 0.6 is 0 Å². The van der Waals surface area contributed by atoms with E-state index in [9.17, 15) is 4.79 Å². The Labute approximate surface area is 108 Å². The monoisotopic (exact) mass is 256 g/mol. The minimum atomic E-state index is -0.674. The molecule has 6 heteroatoms. The zero-order valence-corrected chi connectivity index (χ0v) is 11.3. The number of nitrogens with one attached hydrogen (secondary N) is 1. The van der Waals surface area contributed by atoms with E-state index in [0.29, 0.717) is 13.1 Å². The number of amides is 2. The highest BCUT2D eigenvalue weighted by Crippen LogP contribution is 2.28. The summed E-state index contributed by atoms with van der Waals surface area (Å²) < 4.78 is 0. The molecule has 1 fully saturated rings. The number of hydrogen-bond donors (Lipinski definition) is 3. The number of nitrogens with two attached hydrogens (primary N) is 1. The van der Waals surface area contributed by atoms with Gasteiger partial charge in [0.05, 0.1) is 0 Å². The summed E-state index contributed by atoms with van der Waals surface area (Å²) >= 11 is 0. The van der Waals surface area contributed by atoms with Crippen LogP contribution in [0, 0.1) is 0 Å². The molecular formula is C12H24N4O2. The summed E-state index contributed by atoms with van der Waals surface area (Å²) in [6, 6.07) is -0.145. The van der Waals surface area contributed by atoms with Crippen LogP contribution in [0.25, 0.3) is 0 Å². The maximum absolute atomic E-state index is 12.1. The fraction of sp³-hybridized carbons (Fsp3) is 0.833. The quantitative estimate of drug-likeness (QED) is 0.308. The van der Waals surface area contributed by atoms with Gasteiger partial charge in [-0.3, -0.25) is 0 Å². The molecule has 0 bridgehead atoms. The average Bonchev–Trinajstić information content (AvgIpc) is 2.40.